The van der Waals surface area contributed by atoms with E-state index in [1.165, 1.54) is 0 Å². The molecule has 0 saturated carbocycles. The molecule has 1 aromatic rings. The Balaban J connectivity index is 3.01. The predicted octanol–water partition coefficient (Wildman–Crippen LogP) is 5.39. The van der Waals surface area contributed by atoms with Crippen LogP contribution in [0.4, 0.5) is 0 Å². The van der Waals surface area contributed by atoms with Crippen molar-refractivity contribution in [1.82, 2.24) is 0 Å². The number of aliphatic hydroxyl groups is 1. The number of aliphatic hydroxyl groups excluding tert-OH is 1. The van der Waals surface area contributed by atoms with Gasteiger partial charge in [-0.25, -0.2) is 4.79 Å². The number of allylic oxidation sites excluding steroid dienone is 1. The lowest BCUT2D eigenvalue weighted by molar-refractivity contribution is -0.138. The van der Waals surface area contributed by atoms with Crippen molar-refractivity contribution in [2.24, 2.45) is 0 Å². The number of benzene rings is 1. The van der Waals surface area contributed by atoms with Crippen LogP contribution >= 0.6 is 11.6 Å². The maximum Gasteiger partial charge on any atom is 0.333 e. The molecule has 1 N–H and O–H groups in total. The molecule has 0 amide bonds. The second kappa shape index (κ2) is 11.1. The van der Waals surface area contributed by atoms with Crippen LogP contribution < -0.4 is 0 Å². The van der Waals surface area contributed by atoms with E-state index in [9.17, 15) is 9.90 Å². The smallest absolute Gasteiger partial charge is 0.333 e. The van der Waals surface area contributed by atoms with Crippen LogP contribution in [0.3, 0.4) is 0 Å². The van der Waals surface area contributed by atoms with E-state index in [2.05, 4.69) is 6.92 Å². The second-order valence-corrected chi connectivity index (χ2v) is 6.14. The first-order chi connectivity index (χ1) is 11.5. The van der Waals surface area contributed by atoms with Crippen molar-refractivity contribution in [3.8, 4) is 0 Å². The van der Waals surface area contributed by atoms with Gasteiger partial charge in [-0.1, -0.05) is 49.6 Å². The minimum atomic E-state index is -0.798. The predicted molar refractivity (Wildman–Crippen MR) is 99.0 cm³/mol. The zero-order valence-corrected chi connectivity index (χ0v) is 15.5. The fourth-order valence-electron chi connectivity index (χ4n) is 2.30. The molecule has 4 heteroatoms. The number of esters is 1. The van der Waals surface area contributed by atoms with Gasteiger partial charge in [0.2, 0.25) is 0 Å². The zero-order valence-electron chi connectivity index (χ0n) is 14.7. The maximum absolute atomic E-state index is 11.8. The van der Waals surface area contributed by atoms with Crippen molar-refractivity contribution in [3.05, 3.63) is 58.1 Å². The van der Waals surface area contributed by atoms with Crippen LogP contribution in [-0.4, -0.2) is 17.7 Å². The minimum absolute atomic E-state index is 0.333. The summed E-state index contributed by atoms with van der Waals surface area (Å²) < 4.78 is 5.02. The van der Waals surface area contributed by atoms with E-state index in [4.69, 9.17) is 16.3 Å². The van der Waals surface area contributed by atoms with Gasteiger partial charge >= 0.3 is 5.97 Å². The number of halogens is 1. The number of carbonyl (C=O) groups excluding carboxylic acids is 1. The Kier molecular flexibility index (Phi) is 9.43. The highest BCUT2D eigenvalue weighted by Crippen LogP contribution is 2.26. The van der Waals surface area contributed by atoms with Gasteiger partial charge in [0.1, 0.15) is 6.10 Å². The lowest BCUT2D eigenvalue weighted by Gasteiger charge is -2.14. The van der Waals surface area contributed by atoms with Crippen molar-refractivity contribution < 1.29 is 14.6 Å². The number of carbonyl (C=O) groups is 1. The van der Waals surface area contributed by atoms with Gasteiger partial charge in [0.25, 0.3) is 0 Å². The van der Waals surface area contributed by atoms with Crippen molar-refractivity contribution in [2.45, 2.75) is 52.6 Å². The van der Waals surface area contributed by atoms with Crippen LogP contribution in [0, 0.1) is 0 Å². The van der Waals surface area contributed by atoms with Gasteiger partial charge in [-0.2, -0.15) is 0 Å². The van der Waals surface area contributed by atoms with E-state index >= 15 is 0 Å². The molecule has 1 atom stereocenters. The van der Waals surface area contributed by atoms with Gasteiger partial charge in [-0.3, -0.25) is 0 Å². The van der Waals surface area contributed by atoms with Crippen LogP contribution in [0.25, 0.3) is 0 Å². The standard InChI is InChI=1S/C20H27ClO3/c1-4-6-7-8-9-17(14-15(3)20(23)24-5-2)19(22)16-10-12-18(21)13-11-16/h9-14,19,22H,4-8H2,1-3H3/b15-14+,17-9+. The fraction of sp³-hybridized carbons (Fsp3) is 0.450. The van der Waals surface area contributed by atoms with Gasteiger partial charge in [0.15, 0.2) is 0 Å². The van der Waals surface area contributed by atoms with Gasteiger partial charge < -0.3 is 9.84 Å². The second-order valence-electron chi connectivity index (χ2n) is 5.70. The van der Waals surface area contributed by atoms with E-state index in [0.717, 1.165) is 31.2 Å². The van der Waals surface area contributed by atoms with Gasteiger partial charge in [0.05, 0.1) is 6.61 Å². The number of ether oxygens (including phenoxy) is 1. The van der Waals surface area contributed by atoms with Gasteiger partial charge in [-0.05, 0) is 56.0 Å². The van der Waals surface area contributed by atoms with Crippen LogP contribution in [0.5, 0.6) is 0 Å². The molecule has 1 rings (SSSR count). The maximum atomic E-state index is 11.8. The normalized spacial score (nSPS) is 13.7. The van der Waals surface area contributed by atoms with Crippen molar-refractivity contribution >= 4 is 17.6 Å². The van der Waals surface area contributed by atoms with Gasteiger partial charge in [-0.15, -0.1) is 0 Å². The van der Waals surface area contributed by atoms with E-state index in [1.54, 1.807) is 44.2 Å². The van der Waals surface area contributed by atoms with E-state index in [1.807, 2.05) is 6.08 Å². The molecular formula is C20H27ClO3. The largest absolute Gasteiger partial charge is 0.463 e. The first-order valence-corrected chi connectivity index (χ1v) is 8.86. The van der Waals surface area contributed by atoms with Gasteiger partial charge in [0, 0.05) is 10.6 Å². The minimum Gasteiger partial charge on any atom is -0.463 e. The molecule has 0 aliphatic rings. The van der Waals surface area contributed by atoms with E-state index < -0.39 is 6.10 Å². The number of rotatable bonds is 9. The Hall–Kier alpha value is -1.58. The molecule has 0 aromatic heterocycles. The summed E-state index contributed by atoms with van der Waals surface area (Å²) in [5, 5.41) is 11.3. The Morgan fingerprint density at radius 2 is 1.92 bits per heavy atom. The Morgan fingerprint density at radius 1 is 1.25 bits per heavy atom. The monoisotopic (exact) mass is 350 g/mol. The summed E-state index contributed by atoms with van der Waals surface area (Å²) >= 11 is 5.91. The summed E-state index contributed by atoms with van der Waals surface area (Å²) in [6.07, 6.45) is 7.11. The Morgan fingerprint density at radius 3 is 2.50 bits per heavy atom. The van der Waals surface area contributed by atoms with Crippen LogP contribution in [0.15, 0.2) is 47.6 Å². The highest BCUT2D eigenvalue weighted by atomic mass is 35.5. The molecule has 0 aliphatic carbocycles. The first kappa shape index (κ1) is 20.5. The molecule has 0 aliphatic heterocycles. The molecule has 1 unspecified atom stereocenters. The summed E-state index contributed by atoms with van der Waals surface area (Å²) in [4.78, 5) is 11.8. The molecule has 132 valence electrons. The SMILES string of the molecule is CCCCC/C=C(\C=C(/C)C(=O)OCC)C(O)c1ccc(Cl)cc1. The van der Waals surface area contributed by atoms with Crippen molar-refractivity contribution in [2.75, 3.05) is 6.61 Å². The molecule has 0 saturated heterocycles. The van der Waals surface area contributed by atoms with E-state index in [0.29, 0.717) is 22.8 Å². The third-order valence-corrected chi connectivity index (χ3v) is 3.92. The van der Waals surface area contributed by atoms with Crippen molar-refractivity contribution in [1.29, 1.82) is 0 Å². The lowest BCUT2D eigenvalue weighted by Crippen LogP contribution is -2.07. The third-order valence-electron chi connectivity index (χ3n) is 3.67. The zero-order chi connectivity index (χ0) is 17.9. The molecule has 0 bridgehead atoms. The quantitative estimate of drug-likeness (QED) is 0.281. The number of unbranched alkanes of at least 4 members (excludes halogenated alkanes) is 3. The number of hydrogen-bond acceptors (Lipinski definition) is 3. The Labute approximate surface area is 150 Å². The lowest BCUT2D eigenvalue weighted by atomic mass is 9.98. The molecule has 0 spiro atoms. The van der Waals surface area contributed by atoms with Crippen LogP contribution in [-0.2, 0) is 9.53 Å². The summed E-state index contributed by atoms with van der Waals surface area (Å²) in [6, 6.07) is 7.08. The highest BCUT2D eigenvalue weighted by molar-refractivity contribution is 6.30. The van der Waals surface area contributed by atoms with Crippen LogP contribution in [0.1, 0.15) is 58.1 Å². The molecule has 1 aromatic carbocycles. The molecule has 0 fully saturated rings. The summed E-state index contributed by atoms with van der Waals surface area (Å²) in [5.41, 5.74) is 1.93. The molecular weight excluding hydrogens is 324 g/mol. The fourth-order valence-corrected chi connectivity index (χ4v) is 2.43. The average Bonchev–Trinajstić information content (AvgIpc) is 2.57. The van der Waals surface area contributed by atoms with E-state index in [-0.39, 0.29) is 5.97 Å². The molecule has 0 radical (unpaired) electrons. The topological polar surface area (TPSA) is 46.5 Å². The molecule has 3 nitrogen and oxygen atoms in total. The average molecular weight is 351 g/mol. The molecule has 24 heavy (non-hydrogen) atoms. The summed E-state index contributed by atoms with van der Waals surface area (Å²) in [5.74, 6) is -0.361. The molecule has 0 heterocycles. The Bertz CT molecular complexity index is 573. The third kappa shape index (κ3) is 6.90. The first-order valence-electron chi connectivity index (χ1n) is 8.48. The summed E-state index contributed by atoms with van der Waals surface area (Å²) in [7, 11) is 0. The number of hydrogen-bond donors (Lipinski definition) is 1. The summed E-state index contributed by atoms with van der Waals surface area (Å²) in [6.45, 7) is 5.96. The highest BCUT2D eigenvalue weighted by Gasteiger charge is 2.14. The van der Waals surface area contributed by atoms with Crippen molar-refractivity contribution in [3.63, 3.8) is 0 Å². The van der Waals surface area contributed by atoms with Crippen LogP contribution in [0.2, 0.25) is 5.02 Å².